The molecule has 4 heteroatoms. The summed E-state index contributed by atoms with van der Waals surface area (Å²) in [4.78, 5) is 16.0. The van der Waals surface area contributed by atoms with Crippen molar-refractivity contribution in [1.82, 2.24) is 15.1 Å². The minimum Gasteiger partial charge on any atom is -0.345 e. The van der Waals surface area contributed by atoms with Crippen molar-refractivity contribution in [3.05, 3.63) is 0 Å². The van der Waals surface area contributed by atoms with Gasteiger partial charge in [0.25, 0.3) is 0 Å². The number of amides is 1. The molecule has 0 aromatic rings. The molecule has 0 radical (unpaired) electrons. The maximum atomic E-state index is 11.7. The van der Waals surface area contributed by atoms with Crippen molar-refractivity contribution in [1.29, 1.82) is 0 Å². The molecule has 1 amide bonds. The molecule has 0 unspecified atom stereocenters. The van der Waals surface area contributed by atoms with E-state index in [1.807, 2.05) is 14.0 Å². The summed E-state index contributed by atoms with van der Waals surface area (Å²) in [5.74, 6) is 0.941. The van der Waals surface area contributed by atoms with Crippen LogP contribution in [0.1, 0.15) is 33.6 Å². The van der Waals surface area contributed by atoms with Crippen molar-refractivity contribution in [2.75, 3.05) is 39.8 Å². The molecule has 0 aliphatic carbocycles. The van der Waals surface area contributed by atoms with Gasteiger partial charge in [-0.1, -0.05) is 13.8 Å². The fraction of sp³-hybridized carbons (Fsp3) is 0.929. The van der Waals surface area contributed by atoms with E-state index in [1.165, 1.54) is 6.54 Å². The molecular formula is C14H29N3O. The van der Waals surface area contributed by atoms with Gasteiger partial charge in [-0.25, -0.2) is 0 Å². The first-order valence-corrected chi connectivity index (χ1v) is 7.22. The highest BCUT2D eigenvalue weighted by atomic mass is 16.2. The largest absolute Gasteiger partial charge is 0.345 e. The van der Waals surface area contributed by atoms with Gasteiger partial charge in [0.15, 0.2) is 0 Å². The summed E-state index contributed by atoms with van der Waals surface area (Å²) in [7, 11) is 1.86. The quantitative estimate of drug-likeness (QED) is 0.774. The maximum absolute atomic E-state index is 11.7. The Balaban J connectivity index is 2.18. The third-order valence-electron chi connectivity index (χ3n) is 3.65. The molecule has 1 heterocycles. The first-order valence-electron chi connectivity index (χ1n) is 7.22. The minimum atomic E-state index is 0.196. The number of hydrogen-bond donors (Lipinski definition) is 1. The van der Waals surface area contributed by atoms with Gasteiger partial charge in [-0.2, -0.15) is 0 Å². The van der Waals surface area contributed by atoms with E-state index in [-0.39, 0.29) is 5.91 Å². The zero-order valence-electron chi connectivity index (χ0n) is 12.4. The second-order valence-electron chi connectivity index (χ2n) is 5.76. The van der Waals surface area contributed by atoms with Crippen LogP contribution in [0.25, 0.3) is 0 Å². The Morgan fingerprint density at radius 3 is 2.50 bits per heavy atom. The van der Waals surface area contributed by atoms with Gasteiger partial charge in [0.2, 0.25) is 5.91 Å². The molecule has 1 saturated heterocycles. The number of carbonyl (C=O) groups excluding carboxylic acids is 1. The summed E-state index contributed by atoms with van der Waals surface area (Å²) in [5.41, 5.74) is 0. The van der Waals surface area contributed by atoms with Crippen LogP contribution in [0.4, 0.5) is 0 Å². The molecule has 1 N–H and O–H groups in total. The number of hydrogen-bond acceptors (Lipinski definition) is 3. The van der Waals surface area contributed by atoms with Gasteiger partial charge in [0, 0.05) is 26.2 Å². The number of nitrogens with one attached hydrogen (secondary N) is 1. The molecule has 18 heavy (non-hydrogen) atoms. The second-order valence-corrected chi connectivity index (χ2v) is 5.76. The number of carbonyl (C=O) groups is 1. The Bertz CT molecular complexity index is 247. The summed E-state index contributed by atoms with van der Waals surface area (Å²) in [6, 6.07) is 0.516. The van der Waals surface area contributed by atoms with Gasteiger partial charge in [-0.15, -0.1) is 0 Å². The average Bonchev–Trinajstić information content (AvgIpc) is 2.36. The maximum Gasteiger partial charge on any atom is 0.236 e. The Hall–Kier alpha value is -0.610. The fourth-order valence-electron chi connectivity index (χ4n) is 2.38. The van der Waals surface area contributed by atoms with Crippen molar-refractivity contribution in [3.63, 3.8) is 0 Å². The van der Waals surface area contributed by atoms with Crippen molar-refractivity contribution in [3.8, 4) is 0 Å². The number of likely N-dealkylation sites (tertiary alicyclic amines) is 1. The zero-order valence-corrected chi connectivity index (χ0v) is 12.4. The first-order chi connectivity index (χ1) is 8.52. The lowest BCUT2D eigenvalue weighted by atomic mass is 10.0. The number of rotatable bonds is 6. The van der Waals surface area contributed by atoms with E-state index in [1.54, 1.807) is 4.90 Å². The van der Waals surface area contributed by atoms with Gasteiger partial charge in [-0.3, -0.25) is 4.79 Å². The summed E-state index contributed by atoms with van der Waals surface area (Å²) in [6.07, 6.45) is 2.33. The highest BCUT2D eigenvalue weighted by molar-refractivity contribution is 5.77. The van der Waals surface area contributed by atoms with Crippen LogP contribution in [0.15, 0.2) is 0 Å². The monoisotopic (exact) mass is 255 g/mol. The van der Waals surface area contributed by atoms with Crippen LogP contribution in [-0.2, 0) is 4.79 Å². The van der Waals surface area contributed by atoms with Gasteiger partial charge in [-0.05, 0) is 38.8 Å². The smallest absolute Gasteiger partial charge is 0.236 e. The Morgan fingerprint density at radius 2 is 2.00 bits per heavy atom. The van der Waals surface area contributed by atoms with E-state index in [2.05, 4.69) is 24.1 Å². The molecule has 0 spiro atoms. The van der Waals surface area contributed by atoms with Crippen LogP contribution < -0.4 is 5.32 Å². The average molecular weight is 255 g/mol. The molecule has 0 aromatic carbocycles. The summed E-state index contributed by atoms with van der Waals surface area (Å²) < 4.78 is 0. The standard InChI is InChI=1S/C14H29N3O/c1-5-16(4)14(18)10-15-13-6-8-17(9-7-13)11-12(2)3/h12-13,15H,5-11H2,1-4H3. The molecule has 1 fully saturated rings. The van der Waals surface area contributed by atoms with Gasteiger partial charge in [0.05, 0.1) is 6.54 Å². The van der Waals surface area contributed by atoms with Crippen molar-refractivity contribution in [2.45, 2.75) is 39.7 Å². The number of piperidine rings is 1. The van der Waals surface area contributed by atoms with Crippen LogP contribution in [0.5, 0.6) is 0 Å². The lowest BCUT2D eigenvalue weighted by Crippen LogP contribution is -2.46. The van der Waals surface area contributed by atoms with E-state index in [4.69, 9.17) is 0 Å². The van der Waals surface area contributed by atoms with E-state index in [9.17, 15) is 4.79 Å². The normalized spacial score (nSPS) is 18.3. The van der Waals surface area contributed by atoms with Crippen LogP contribution in [0.2, 0.25) is 0 Å². The van der Waals surface area contributed by atoms with Crippen LogP contribution in [0.3, 0.4) is 0 Å². The third-order valence-corrected chi connectivity index (χ3v) is 3.65. The molecule has 1 aliphatic heterocycles. The lowest BCUT2D eigenvalue weighted by molar-refractivity contribution is -0.128. The van der Waals surface area contributed by atoms with Gasteiger partial charge < -0.3 is 15.1 Å². The van der Waals surface area contributed by atoms with Crippen LogP contribution in [0, 0.1) is 5.92 Å². The van der Waals surface area contributed by atoms with Gasteiger partial charge in [0.1, 0.15) is 0 Å². The summed E-state index contributed by atoms with van der Waals surface area (Å²) in [6.45, 7) is 11.3. The van der Waals surface area contributed by atoms with Gasteiger partial charge >= 0.3 is 0 Å². The SMILES string of the molecule is CCN(C)C(=O)CNC1CCN(CC(C)C)CC1. The first kappa shape index (κ1) is 15.4. The lowest BCUT2D eigenvalue weighted by Gasteiger charge is -2.33. The molecule has 0 saturated carbocycles. The van der Waals surface area contributed by atoms with Crippen molar-refractivity contribution >= 4 is 5.91 Å². The zero-order chi connectivity index (χ0) is 13.5. The molecule has 106 valence electrons. The molecule has 0 aromatic heterocycles. The topological polar surface area (TPSA) is 35.6 Å². The van der Waals surface area contributed by atoms with Crippen LogP contribution >= 0.6 is 0 Å². The summed E-state index contributed by atoms with van der Waals surface area (Å²) in [5, 5.41) is 3.39. The summed E-state index contributed by atoms with van der Waals surface area (Å²) >= 11 is 0. The molecule has 1 rings (SSSR count). The molecule has 0 atom stereocenters. The Labute approximate surface area is 112 Å². The second kappa shape index (κ2) is 7.74. The highest BCUT2D eigenvalue weighted by Crippen LogP contribution is 2.11. The third kappa shape index (κ3) is 5.36. The molecular weight excluding hydrogens is 226 g/mol. The van der Waals surface area contributed by atoms with E-state index >= 15 is 0 Å². The van der Waals surface area contributed by atoms with E-state index in [0.717, 1.165) is 38.4 Å². The number of likely N-dealkylation sites (N-methyl/N-ethyl adjacent to an activating group) is 1. The predicted molar refractivity (Wildman–Crippen MR) is 75.6 cm³/mol. The van der Waals surface area contributed by atoms with Crippen molar-refractivity contribution in [2.24, 2.45) is 5.92 Å². The van der Waals surface area contributed by atoms with Crippen LogP contribution in [-0.4, -0.2) is 61.5 Å². The van der Waals surface area contributed by atoms with Crippen molar-refractivity contribution < 1.29 is 4.79 Å². The molecule has 0 bridgehead atoms. The van der Waals surface area contributed by atoms with E-state index in [0.29, 0.717) is 12.6 Å². The predicted octanol–water partition coefficient (Wildman–Crippen LogP) is 1.17. The highest BCUT2D eigenvalue weighted by Gasteiger charge is 2.20. The number of nitrogens with zero attached hydrogens (tertiary/aromatic N) is 2. The Kier molecular flexibility index (Phi) is 6.65. The fourth-order valence-corrected chi connectivity index (χ4v) is 2.38. The molecule has 4 nitrogen and oxygen atoms in total. The Morgan fingerprint density at radius 1 is 1.39 bits per heavy atom. The minimum absolute atomic E-state index is 0.196. The van der Waals surface area contributed by atoms with E-state index < -0.39 is 0 Å². The molecule has 1 aliphatic rings.